The number of nitrogens with zero attached hydrogens (tertiary/aromatic N) is 2. The van der Waals surface area contributed by atoms with Gasteiger partial charge in [-0.05, 0) is 13.3 Å². The third-order valence-electron chi connectivity index (χ3n) is 2.00. The Morgan fingerprint density at radius 2 is 2.31 bits per heavy atom. The number of aromatic nitrogens is 2. The number of nitrogen functional groups attached to an aromatic ring is 1. The summed E-state index contributed by atoms with van der Waals surface area (Å²) in [6, 6.07) is 0. The van der Waals surface area contributed by atoms with E-state index in [0.29, 0.717) is 11.7 Å². The summed E-state index contributed by atoms with van der Waals surface area (Å²) < 4.78 is 10.9. The van der Waals surface area contributed by atoms with Crippen LogP contribution in [-0.2, 0) is 10.8 Å². The molecule has 1 rings (SSSR count). The number of nitrogens with two attached hydrogens (primary N) is 1. The second kappa shape index (κ2) is 6.39. The van der Waals surface area contributed by atoms with Crippen LogP contribution in [0.1, 0.15) is 12.0 Å². The number of hydrazine groups is 1. The van der Waals surface area contributed by atoms with Gasteiger partial charge in [0.1, 0.15) is 5.82 Å². The van der Waals surface area contributed by atoms with Crippen molar-refractivity contribution in [3.05, 3.63) is 11.8 Å². The highest BCUT2D eigenvalue weighted by molar-refractivity contribution is 7.84. The second-order valence-electron chi connectivity index (χ2n) is 3.43. The molecule has 90 valence electrons. The predicted molar refractivity (Wildman–Crippen MR) is 66.6 cm³/mol. The summed E-state index contributed by atoms with van der Waals surface area (Å²) in [5.41, 5.74) is 3.35. The van der Waals surface area contributed by atoms with Crippen LogP contribution in [0.2, 0.25) is 0 Å². The molecular formula is C9H17N5OS. The van der Waals surface area contributed by atoms with E-state index in [9.17, 15) is 4.21 Å². The quantitative estimate of drug-likeness (QED) is 0.377. The molecule has 16 heavy (non-hydrogen) atoms. The molecule has 0 saturated carbocycles. The summed E-state index contributed by atoms with van der Waals surface area (Å²) in [4.78, 5) is 8.15. The van der Waals surface area contributed by atoms with Crippen molar-refractivity contribution in [3.63, 3.8) is 0 Å². The molecule has 0 fully saturated rings. The molecule has 1 aromatic rings. The highest BCUT2D eigenvalue weighted by atomic mass is 32.2. The normalized spacial score (nSPS) is 12.2. The van der Waals surface area contributed by atoms with Crippen LogP contribution in [0.5, 0.6) is 0 Å². The van der Waals surface area contributed by atoms with Crippen molar-refractivity contribution in [2.45, 2.75) is 13.3 Å². The zero-order valence-electron chi connectivity index (χ0n) is 9.49. The maximum atomic E-state index is 10.9. The van der Waals surface area contributed by atoms with Crippen LogP contribution in [-0.4, -0.2) is 32.7 Å². The molecular weight excluding hydrogens is 226 g/mol. The molecule has 0 spiro atoms. The Morgan fingerprint density at radius 3 is 2.94 bits per heavy atom. The molecule has 4 N–H and O–H groups in total. The fraction of sp³-hybridized carbons (Fsp3) is 0.556. The van der Waals surface area contributed by atoms with E-state index in [4.69, 9.17) is 5.84 Å². The Hall–Kier alpha value is -1.21. The highest BCUT2D eigenvalue weighted by Gasteiger charge is 2.02. The number of aryl methyl sites for hydroxylation is 1. The van der Waals surface area contributed by atoms with Crippen molar-refractivity contribution in [2.24, 2.45) is 5.84 Å². The molecule has 0 saturated heterocycles. The number of nitrogens with one attached hydrogen (secondary N) is 2. The van der Waals surface area contributed by atoms with Crippen LogP contribution in [0.3, 0.4) is 0 Å². The van der Waals surface area contributed by atoms with E-state index in [-0.39, 0.29) is 0 Å². The van der Waals surface area contributed by atoms with Crippen molar-refractivity contribution in [3.8, 4) is 0 Å². The van der Waals surface area contributed by atoms with Gasteiger partial charge in [0.15, 0.2) is 0 Å². The maximum Gasteiger partial charge on any atom is 0.239 e. The number of hydrogen-bond donors (Lipinski definition) is 3. The largest absolute Gasteiger partial charge is 0.370 e. The number of rotatable bonds is 6. The summed E-state index contributed by atoms with van der Waals surface area (Å²) >= 11 is 0. The standard InChI is InChI=1S/C9H17N5OS/c1-7-6-12-9(14-10)13-8(7)11-4-3-5-16(2)15/h6H,3-5,10H2,1-2H3,(H2,11,12,13,14). The third kappa shape index (κ3) is 4.11. The van der Waals surface area contributed by atoms with E-state index < -0.39 is 10.8 Å². The van der Waals surface area contributed by atoms with Crippen molar-refractivity contribution in [1.82, 2.24) is 9.97 Å². The lowest BCUT2D eigenvalue weighted by Crippen LogP contribution is -2.13. The predicted octanol–water partition coefficient (Wildman–Crippen LogP) is 0.251. The van der Waals surface area contributed by atoms with E-state index in [1.807, 2.05) is 6.92 Å². The van der Waals surface area contributed by atoms with Crippen molar-refractivity contribution < 1.29 is 4.21 Å². The van der Waals surface area contributed by atoms with Gasteiger partial charge in [0.2, 0.25) is 5.95 Å². The van der Waals surface area contributed by atoms with Crippen molar-refractivity contribution >= 4 is 22.6 Å². The smallest absolute Gasteiger partial charge is 0.239 e. The van der Waals surface area contributed by atoms with Crippen LogP contribution in [0, 0.1) is 6.92 Å². The number of hydrogen-bond acceptors (Lipinski definition) is 6. The van der Waals surface area contributed by atoms with Gasteiger partial charge in [0.05, 0.1) is 0 Å². The molecule has 0 aliphatic rings. The van der Waals surface area contributed by atoms with Gasteiger partial charge in [0, 0.05) is 41.1 Å². The van der Waals surface area contributed by atoms with E-state index in [1.54, 1.807) is 12.5 Å². The first kappa shape index (κ1) is 12.9. The maximum absolute atomic E-state index is 10.9. The topological polar surface area (TPSA) is 92.9 Å². The van der Waals surface area contributed by atoms with Crippen molar-refractivity contribution in [2.75, 3.05) is 29.3 Å². The van der Waals surface area contributed by atoms with Gasteiger partial charge in [-0.1, -0.05) is 0 Å². The van der Waals surface area contributed by atoms with E-state index in [1.165, 1.54) is 0 Å². The van der Waals surface area contributed by atoms with Crippen LogP contribution in [0.25, 0.3) is 0 Å². The second-order valence-corrected chi connectivity index (χ2v) is 4.98. The van der Waals surface area contributed by atoms with E-state index in [2.05, 4.69) is 20.7 Å². The average molecular weight is 243 g/mol. The van der Waals surface area contributed by atoms with Crippen LogP contribution < -0.4 is 16.6 Å². The Morgan fingerprint density at radius 1 is 1.56 bits per heavy atom. The van der Waals surface area contributed by atoms with Gasteiger partial charge in [0.25, 0.3) is 0 Å². The minimum absolute atomic E-state index is 0.382. The van der Waals surface area contributed by atoms with Crippen LogP contribution in [0.4, 0.5) is 11.8 Å². The Kier molecular flexibility index (Phi) is 5.13. The van der Waals surface area contributed by atoms with Gasteiger partial charge < -0.3 is 5.32 Å². The van der Waals surface area contributed by atoms with Crippen LogP contribution in [0.15, 0.2) is 6.20 Å². The highest BCUT2D eigenvalue weighted by Crippen LogP contribution is 2.11. The molecule has 0 aromatic carbocycles. The molecule has 1 atom stereocenters. The van der Waals surface area contributed by atoms with E-state index >= 15 is 0 Å². The summed E-state index contributed by atoms with van der Waals surface area (Å²) in [5, 5.41) is 3.16. The van der Waals surface area contributed by atoms with Gasteiger partial charge >= 0.3 is 0 Å². The first-order chi connectivity index (χ1) is 7.63. The first-order valence-electron chi connectivity index (χ1n) is 4.97. The Bertz CT molecular complexity index is 371. The summed E-state index contributed by atoms with van der Waals surface area (Å²) in [6.45, 7) is 2.65. The van der Waals surface area contributed by atoms with Crippen LogP contribution >= 0.6 is 0 Å². The fourth-order valence-corrected chi connectivity index (χ4v) is 1.72. The van der Waals surface area contributed by atoms with Crippen molar-refractivity contribution in [1.29, 1.82) is 0 Å². The molecule has 1 unspecified atom stereocenters. The van der Waals surface area contributed by atoms with Gasteiger partial charge in [-0.2, -0.15) is 4.98 Å². The third-order valence-corrected chi connectivity index (χ3v) is 2.87. The molecule has 0 bridgehead atoms. The Labute approximate surface area is 97.5 Å². The summed E-state index contributed by atoms with van der Waals surface area (Å²) in [6.07, 6.45) is 4.24. The molecule has 0 amide bonds. The minimum atomic E-state index is -0.740. The number of anilines is 2. The first-order valence-corrected chi connectivity index (χ1v) is 6.70. The lowest BCUT2D eigenvalue weighted by molar-refractivity contribution is 0.685. The van der Waals surface area contributed by atoms with Gasteiger partial charge in [-0.15, -0.1) is 0 Å². The lowest BCUT2D eigenvalue weighted by Gasteiger charge is -2.08. The zero-order chi connectivity index (χ0) is 12.0. The molecule has 1 aromatic heterocycles. The van der Waals surface area contributed by atoms with E-state index in [0.717, 1.165) is 24.3 Å². The zero-order valence-corrected chi connectivity index (χ0v) is 10.3. The molecule has 7 heteroatoms. The fourth-order valence-electron chi connectivity index (χ4n) is 1.17. The monoisotopic (exact) mass is 243 g/mol. The summed E-state index contributed by atoms with van der Waals surface area (Å²) in [5.74, 6) is 7.05. The molecule has 0 aliphatic heterocycles. The Balaban J connectivity index is 2.49. The SMILES string of the molecule is Cc1cnc(NN)nc1NCCCS(C)=O. The molecule has 1 heterocycles. The van der Waals surface area contributed by atoms with Gasteiger partial charge in [-0.25, -0.2) is 10.8 Å². The summed E-state index contributed by atoms with van der Waals surface area (Å²) in [7, 11) is -0.740. The molecule has 6 nitrogen and oxygen atoms in total. The minimum Gasteiger partial charge on any atom is -0.370 e. The van der Waals surface area contributed by atoms with Gasteiger partial charge in [-0.3, -0.25) is 9.63 Å². The average Bonchev–Trinajstić information content (AvgIpc) is 2.26. The molecule has 0 radical (unpaired) electrons. The molecule has 0 aliphatic carbocycles. The lowest BCUT2D eigenvalue weighted by atomic mass is 10.3.